The number of carbonyl (C=O) groups is 2. The van der Waals surface area contributed by atoms with E-state index >= 15 is 0 Å². The number of rotatable bonds is 14. The van der Waals surface area contributed by atoms with Gasteiger partial charge in [0, 0.05) is 13.1 Å². The molecule has 0 saturated heterocycles. The van der Waals surface area contributed by atoms with Crippen LogP contribution in [0.4, 0.5) is 0 Å². The average Bonchev–Trinajstić information content (AvgIpc) is 2.70. The van der Waals surface area contributed by atoms with E-state index in [0.717, 1.165) is 51.6 Å². The van der Waals surface area contributed by atoms with Gasteiger partial charge in [-0.15, -0.1) is 0 Å². The van der Waals surface area contributed by atoms with Gasteiger partial charge in [0.1, 0.15) is 13.5 Å². The van der Waals surface area contributed by atoms with Crippen LogP contribution in [0, 0.1) is 0 Å². The molecule has 6 heteroatoms. The average molecular weight is 393 g/mol. The van der Waals surface area contributed by atoms with Gasteiger partial charge in [0.15, 0.2) is 0 Å². The highest BCUT2D eigenvalue weighted by Gasteiger charge is 2.19. The largest absolute Gasteiger partial charge is 0.446 e. The molecule has 0 atom stereocenters. The van der Waals surface area contributed by atoms with Crippen molar-refractivity contribution in [2.45, 2.75) is 52.4 Å². The number of hydrogen-bond acceptors (Lipinski definition) is 6. The molecular formula is C22H36N2O4. The minimum atomic E-state index is -0.508. The molecule has 0 aliphatic rings. The summed E-state index contributed by atoms with van der Waals surface area (Å²) in [7, 11) is 3.83. The van der Waals surface area contributed by atoms with Crippen molar-refractivity contribution in [3.63, 3.8) is 0 Å². The summed E-state index contributed by atoms with van der Waals surface area (Å²) >= 11 is 0. The van der Waals surface area contributed by atoms with Gasteiger partial charge in [-0.1, -0.05) is 51.7 Å². The molecule has 1 aromatic rings. The standard InChI is InChI=1S/C22H36N2O4/c1-5-7-11-15-23(3)17-27-21(25)19-13-9-10-14-20(19)22(26)28-18-24(4)16-12-8-6-2/h9-10,13-14H,5-8,11-12,15-18H2,1-4H3. The Bertz CT molecular complexity index is 541. The summed E-state index contributed by atoms with van der Waals surface area (Å²) in [5, 5.41) is 0. The molecule has 28 heavy (non-hydrogen) atoms. The van der Waals surface area contributed by atoms with Crippen LogP contribution in [0.5, 0.6) is 0 Å². The van der Waals surface area contributed by atoms with Gasteiger partial charge in [0.2, 0.25) is 0 Å². The van der Waals surface area contributed by atoms with Crippen LogP contribution in [0.25, 0.3) is 0 Å². The predicted molar refractivity (Wildman–Crippen MR) is 111 cm³/mol. The SMILES string of the molecule is CCCCCN(C)COC(=O)c1ccccc1C(=O)OCN(C)CCCCC. The fourth-order valence-corrected chi connectivity index (χ4v) is 2.72. The summed E-state index contributed by atoms with van der Waals surface area (Å²) < 4.78 is 10.7. The monoisotopic (exact) mass is 392 g/mol. The highest BCUT2D eigenvalue weighted by molar-refractivity contribution is 6.03. The summed E-state index contributed by atoms with van der Waals surface area (Å²) in [6.45, 7) is 6.44. The van der Waals surface area contributed by atoms with Gasteiger partial charge in [-0.3, -0.25) is 9.80 Å². The van der Waals surface area contributed by atoms with Crippen molar-refractivity contribution >= 4 is 11.9 Å². The number of nitrogens with zero attached hydrogens (tertiary/aromatic N) is 2. The quantitative estimate of drug-likeness (QED) is 0.269. The van der Waals surface area contributed by atoms with Crippen LogP contribution in [0.3, 0.4) is 0 Å². The molecule has 0 unspecified atom stereocenters. The Labute approximate surface area is 169 Å². The molecule has 0 saturated carbocycles. The molecule has 6 nitrogen and oxygen atoms in total. The van der Waals surface area contributed by atoms with Gasteiger partial charge >= 0.3 is 11.9 Å². The second kappa shape index (κ2) is 14.1. The third kappa shape index (κ3) is 9.33. The Morgan fingerprint density at radius 2 is 1.14 bits per heavy atom. The van der Waals surface area contributed by atoms with Crippen LogP contribution >= 0.6 is 0 Å². The minimum Gasteiger partial charge on any atom is -0.446 e. The van der Waals surface area contributed by atoms with E-state index in [0.29, 0.717) is 0 Å². The first kappa shape index (κ1) is 24.1. The Hall–Kier alpha value is -1.92. The van der Waals surface area contributed by atoms with Crippen LogP contribution in [0.2, 0.25) is 0 Å². The summed E-state index contributed by atoms with van der Waals surface area (Å²) in [6.07, 6.45) is 6.74. The number of ether oxygens (including phenoxy) is 2. The van der Waals surface area contributed by atoms with Crippen molar-refractivity contribution in [1.29, 1.82) is 0 Å². The molecular weight excluding hydrogens is 356 g/mol. The van der Waals surface area contributed by atoms with Crippen molar-refractivity contribution < 1.29 is 19.1 Å². The van der Waals surface area contributed by atoms with Crippen molar-refractivity contribution in [3.8, 4) is 0 Å². The van der Waals surface area contributed by atoms with E-state index in [1.165, 1.54) is 0 Å². The third-order valence-corrected chi connectivity index (χ3v) is 4.49. The second-order valence-corrected chi connectivity index (χ2v) is 7.24. The van der Waals surface area contributed by atoms with Crippen LogP contribution < -0.4 is 0 Å². The van der Waals surface area contributed by atoms with Gasteiger partial charge in [-0.2, -0.15) is 0 Å². The lowest BCUT2D eigenvalue weighted by Gasteiger charge is -2.18. The van der Waals surface area contributed by atoms with Crippen molar-refractivity contribution in [3.05, 3.63) is 35.4 Å². The Balaban J connectivity index is 2.55. The molecule has 0 amide bonds. The van der Waals surface area contributed by atoms with Crippen molar-refractivity contribution in [2.24, 2.45) is 0 Å². The van der Waals surface area contributed by atoms with E-state index in [-0.39, 0.29) is 24.6 Å². The normalized spacial score (nSPS) is 11.1. The zero-order valence-corrected chi connectivity index (χ0v) is 17.9. The highest BCUT2D eigenvalue weighted by Crippen LogP contribution is 2.13. The predicted octanol–water partition coefficient (Wildman–Crippen LogP) is 4.16. The molecule has 158 valence electrons. The van der Waals surface area contributed by atoms with E-state index in [1.54, 1.807) is 24.3 Å². The molecule has 0 heterocycles. The van der Waals surface area contributed by atoms with E-state index in [1.807, 2.05) is 23.9 Å². The van der Waals surface area contributed by atoms with Gasteiger partial charge in [0.25, 0.3) is 0 Å². The van der Waals surface area contributed by atoms with Crippen LogP contribution in [-0.2, 0) is 9.47 Å². The van der Waals surface area contributed by atoms with E-state index < -0.39 is 11.9 Å². The third-order valence-electron chi connectivity index (χ3n) is 4.49. The Morgan fingerprint density at radius 3 is 1.50 bits per heavy atom. The minimum absolute atomic E-state index is 0.200. The Kier molecular flexibility index (Phi) is 12.2. The van der Waals surface area contributed by atoms with Gasteiger partial charge in [-0.25, -0.2) is 9.59 Å². The maximum atomic E-state index is 12.4. The fraction of sp³-hybridized carbons (Fsp3) is 0.636. The number of esters is 2. The lowest BCUT2D eigenvalue weighted by molar-refractivity contribution is 0.0227. The maximum absolute atomic E-state index is 12.4. The lowest BCUT2D eigenvalue weighted by Crippen LogP contribution is -2.27. The molecule has 1 aromatic carbocycles. The number of benzene rings is 1. The van der Waals surface area contributed by atoms with Crippen molar-refractivity contribution in [2.75, 3.05) is 40.6 Å². The van der Waals surface area contributed by atoms with E-state index in [4.69, 9.17) is 9.47 Å². The molecule has 0 aliphatic carbocycles. The smallest absolute Gasteiger partial charge is 0.340 e. The number of carbonyl (C=O) groups excluding carboxylic acids is 2. The molecule has 1 rings (SSSR count). The van der Waals surface area contributed by atoms with Crippen LogP contribution in [0.15, 0.2) is 24.3 Å². The van der Waals surface area contributed by atoms with Crippen LogP contribution in [-0.4, -0.2) is 62.4 Å². The van der Waals surface area contributed by atoms with Gasteiger partial charge in [-0.05, 0) is 39.1 Å². The maximum Gasteiger partial charge on any atom is 0.340 e. The molecule has 0 radical (unpaired) electrons. The Morgan fingerprint density at radius 1 is 0.750 bits per heavy atom. The topological polar surface area (TPSA) is 59.1 Å². The van der Waals surface area contributed by atoms with Gasteiger partial charge < -0.3 is 9.47 Å². The molecule has 0 aromatic heterocycles. The fourth-order valence-electron chi connectivity index (χ4n) is 2.72. The summed E-state index contributed by atoms with van der Waals surface area (Å²) in [5.41, 5.74) is 0.478. The van der Waals surface area contributed by atoms with E-state index in [2.05, 4.69) is 13.8 Å². The van der Waals surface area contributed by atoms with Crippen molar-refractivity contribution in [1.82, 2.24) is 9.80 Å². The molecule has 0 N–H and O–H groups in total. The number of unbranched alkanes of at least 4 members (excludes halogenated alkanes) is 4. The first-order valence-electron chi connectivity index (χ1n) is 10.3. The first-order valence-corrected chi connectivity index (χ1v) is 10.3. The summed E-state index contributed by atoms with van der Waals surface area (Å²) in [4.78, 5) is 28.8. The summed E-state index contributed by atoms with van der Waals surface area (Å²) in [5.74, 6) is -1.02. The number of hydrogen-bond donors (Lipinski definition) is 0. The summed E-state index contributed by atoms with van der Waals surface area (Å²) in [6, 6.07) is 6.63. The zero-order chi connectivity index (χ0) is 20.8. The molecule has 0 aliphatic heterocycles. The zero-order valence-electron chi connectivity index (χ0n) is 17.9. The lowest BCUT2D eigenvalue weighted by atomic mass is 10.1. The molecule has 0 spiro atoms. The van der Waals surface area contributed by atoms with Gasteiger partial charge in [0.05, 0.1) is 11.1 Å². The second-order valence-electron chi connectivity index (χ2n) is 7.24. The molecule has 0 fully saturated rings. The first-order chi connectivity index (χ1) is 13.5. The highest BCUT2D eigenvalue weighted by atomic mass is 16.6. The van der Waals surface area contributed by atoms with E-state index in [9.17, 15) is 9.59 Å². The van der Waals surface area contributed by atoms with Crippen LogP contribution in [0.1, 0.15) is 73.1 Å². The molecule has 0 bridgehead atoms.